The molecule has 1 nitrogen and oxygen atoms in total. The van der Waals surface area contributed by atoms with Crippen molar-refractivity contribution in [3.05, 3.63) is 33.0 Å². The van der Waals surface area contributed by atoms with Crippen molar-refractivity contribution in [3.8, 4) is 0 Å². The van der Waals surface area contributed by atoms with Gasteiger partial charge in [0, 0.05) is 15.6 Å². The van der Waals surface area contributed by atoms with Gasteiger partial charge in [0.2, 0.25) is 0 Å². The van der Waals surface area contributed by atoms with E-state index in [9.17, 15) is 4.39 Å². The molecule has 0 aliphatic heterocycles. The van der Waals surface area contributed by atoms with E-state index in [0.29, 0.717) is 21.9 Å². The van der Waals surface area contributed by atoms with Crippen LogP contribution in [0.1, 0.15) is 45.6 Å². The summed E-state index contributed by atoms with van der Waals surface area (Å²) < 4.78 is 15.2. The van der Waals surface area contributed by atoms with Gasteiger partial charge in [-0.1, -0.05) is 44.9 Å². The Hall–Kier alpha value is -0.120. The van der Waals surface area contributed by atoms with Crippen LogP contribution in [0.3, 0.4) is 0 Å². The maximum Gasteiger partial charge on any atom is 0.147 e. The molecule has 4 heteroatoms. The van der Waals surface area contributed by atoms with E-state index in [2.05, 4.69) is 36.7 Å². The van der Waals surface area contributed by atoms with Gasteiger partial charge in [-0.3, -0.25) is 0 Å². The summed E-state index contributed by atoms with van der Waals surface area (Å²) in [6.45, 7) is 6.53. The van der Waals surface area contributed by atoms with E-state index >= 15 is 0 Å². The Morgan fingerprint density at radius 2 is 2.05 bits per heavy atom. The maximum atomic E-state index is 14.6. The molecular weight excluding hydrogens is 341 g/mol. The quantitative estimate of drug-likeness (QED) is 0.692. The van der Waals surface area contributed by atoms with Crippen molar-refractivity contribution in [1.82, 2.24) is 0 Å². The molecule has 1 aliphatic carbocycles. The van der Waals surface area contributed by atoms with Crippen LogP contribution in [0.15, 0.2) is 16.6 Å². The van der Waals surface area contributed by atoms with Crippen LogP contribution in [0.25, 0.3) is 0 Å². The lowest BCUT2D eigenvalue weighted by molar-refractivity contribution is 0.105. The summed E-state index contributed by atoms with van der Waals surface area (Å²) in [5, 5.41) is 0.132. The average Bonchev–Trinajstić information content (AvgIpc) is 2.35. The van der Waals surface area contributed by atoms with Crippen LogP contribution in [0, 0.1) is 23.6 Å². The van der Waals surface area contributed by atoms with Gasteiger partial charge in [-0.25, -0.2) is 4.39 Å². The lowest BCUT2D eigenvalue weighted by Gasteiger charge is -2.46. The molecule has 2 rings (SSSR count). The lowest BCUT2D eigenvalue weighted by atomic mass is 9.62. The predicted octanol–water partition coefficient (Wildman–Crippen LogP) is 5.49. The molecule has 3 atom stereocenters. The molecule has 0 amide bonds. The van der Waals surface area contributed by atoms with E-state index in [0.717, 1.165) is 19.3 Å². The minimum atomic E-state index is -0.625. The molecule has 20 heavy (non-hydrogen) atoms. The average molecular weight is 363 g/mol. The van der Waals surface area contributed by atoms with Gasteiger partial charge < -0.3 is 5.73 Å². The summed E-state index contributed by atoms with van der Waals surface area (Å²) in [5.41, 5.74) is 6.66. The highest BCUT2D eigenvalue weighted by molar-refractivity contribution is 9.10. The molecule has 0 aromatic heterocycles. The van der Waals surface area contributed by atoms with Gasteiger partial charge in [-0.2, -0.15) is 0 Å². The second-order valence-electron chi connectivity index (χ2n) is 6.50. The Bertz CT molecular complexity index is 505. The second kappa shape index (κ2) is 5.94. The summed E-state index contributed by atoms with van der Waals surface area (Å²) in [4.78, 5) is 0. The fraction of sp³-hybridized carbons (Fsp3) is 0.625. The van der Waals surface area contributed by atoms with E-state index in [1.807, 2.05) is 0 Å². The van der Waals surface area contributed by atoms with Crippen molar-refractivity contribution in [2.75, 3.05) is 0 Å². The van der Waals surface area contributed by atoms with Crippen molar-refractivity contribution in [2.45, 2.75) is 45.6 Å². The van der Waals surface area contributed by atoms with E-state index in [1.165, 1.54) is 0 Å². The highest BCUT2D eigenvalue weighted by Gasteiger charge is 2.44. The molecule has 0 saturated heterocycles. The van der Waals surface area contributed by atoms with Crippen LogP contribution in [-0.2, 0) is 5.54 Å². The van der Waals surface area contributed by atoms with E-state index in [1.54, 1.807) is 12.1 Å². The first-order chi connectivity index (χ1) is 9.27. The maximum absolute atomic E-state index is 14.6. The summed E-state index contributed by atoms with van der Waals surface area (Å²) in [6, 6.07) is 3.59. The van der Waals surface area contributed by atoms with Gasteiger partial charge >= 0.3 is 0 Å². The first-order valence-corrected chi connectivity index (χ1v) is 8.37. The highest BCUT2D eigenvalue weighted by Crippen LogP contribution is 2.47. The van der Waals surface area contributed by atoms with Crippen LogP contribution in [-0.4, -0.2) is 0 Å². The normalized spacial score (nSPS) is 30.8. The minimum absolute atomic E-state index is 0.132. The SMILES string of the molecule is CC1CCC(C(C)C)C(N)(c2ccc(Br)c(Cl)c2F)C1. The molecule has 0 radical (unpaired) electrons. The van der Waals surface area contributed by atoms with Crippen molar-refractivity contribution in [1.29, 1.82) is 0 Å². The van der Waals surface area contributed by atoms with E-state index < -0.39 is 5.54 Å². The van der Waals surface area contributed by atoms with Crippen LogP contribution in [0.2, 0.25) is 5.02 Å². The Morgan fingerprint density at radius 1 is 1.40 bits per heavy atom. The third-order valence-corrected chi connectivity index (χ3v) is 5.92. The van der Waals surface area contributed by atoms with Gasteiger partial charge in [-0.15, -0.1) is 0 Å². The smallest absolute Gasteiger partial charge is 0.147 e. The Balaban J connectivity index is 2.53. The molecule has 1 saturated carbocycles. The second-order valence-corrected chi connectivity index (χ2v) is 7.73. The van der Waals surface area contributed by atoms with Crippen LogP contribution in [0.5, 0.6) is 0 Å². The van der Waals surface area contributed by atoms with Crippen LogP contribution < -0.4 is 5.73 Å². The molecule has 0 bridgehead atoms. The fourth-order valence-corrected chi connectivity index (χ4v) is 4.15. The minimum Gasteiger partial charge on any atom is -0.321 e. The lowest BCUT2D eigenvalue weighted by Crippen LogP contribution is -2.50. The van der Waals surface area contributed by atoms with E-state index in [4.69, 9.17) is 17.3 Å². The van der Waals surface area contributed by atoms with Gasteiger partial charge in [0.25, 0.3) is 0 Å². The molecule has 3 unspecified atom stereocenters. The zero-order chi connectivity index (χ0) is 15.1. The summed E-state index contributed by atoms with van der Waals surface area (Å²) in [5.74, 6) is 0.847. The largest absolute Gasteiger partial charge is 0.321 e. The fourth-order valence-electron chi connectivity index (χ4n) is 3.67. The van der Waals surface area contributed by atoms with Crippen LogP contribution in [0.4, 0.5) is 4.39 Å². The predicted molar refractivity (Wildman–Crippen MR) is 86.3 cm³/mol. The Kier molecular flexibility index (Phi) is 4.83. The summed E-state index contributed by atoms with van der Waals surface area (Å²) in [7, 11) is 0. The number of rotatable bonds is 2. The van der Waals surface area contributed by atoms with Crippen molar-refractivity contribution in [2.24, 2.45) is 23.5 Å². The van der Waals surface area contributed by atoms with Crippen LogP contribution >= 0.6 is 27.5 Å². The summed E-state index contributed by atoms with van der Waals surface area (Å²) in [6.07, 6.45) is 3.01. The highest BCUT2D eigenvalue weighted by atomic mass is 79.9. The molecule has 1 aromatic rings. The molecule has 1 aromatic carbocycles. The monoisotopic (exact) mass is 361 g/mol. The van der Waals surface area contributed by atoms with E-state index in [-0.39, 0.29) is 16.8 Å². The molecule has 2 N–H and O–H groups in total. The standard InChI is InChI=1S/C16H22BrClFN/c1-9(2)11-5-4-10(3)8-16(11,20)12-6-7-13(17)14(18)15(12)19/h6-7,9-11H,4-5,8,20H2,1-3H3. The molecular formula is C16H22BrClFN. The third kappa shape index (κ3) is 2.77. The third-order valence-electron chi connectivity index (χ3n) is 4.66. The van der Waals surface area contributed by atoms with Crippen molar-refractivity contribution >= 4 is 27.5 Å². The van der Waals surface area contributed by atoms with Crippen molar-refractivity contribution in [3.63, 3.8) is 0 Å². The number of hydrogen-bond donors (Lipinski definition) is 1. The topological polar surface area (TPSA) is 26.0 Å². The Labute approximate surface area is 134 Å². The number of hydrogen-bond acceptors (Lipinski definition) is 1. The molecule has 0 spiro atoms. The number of benzene rings is 1. The van der Waals surface area contributed by atoms with Gasteiger partial charge in [0.05, 0.1) is 5.02 Å². The zero-order valence-corrected chi connectivity index (χ0v) is 14.6. The molecule has 1 fully saturated rings. The molecule has 112 valence electrons. The first-order valence-electron chi connectivity index (χ1n) is 7.20. The molecule has 0 heterocycles. The number of nitrogens with two attached hydrogens (primary N) is 1. The van der Waals surface area contributed by atoms with Crippen molar-refractivity contribution < 1.29 is 4.39 Å². The summed E-state index contributed by atoms with van der Waals surface area (Å²) >= 11 is 9.32. The van der Waals surface area contributed by atoms with Gasteiger partial charge in [-0.05, 0) is 52.6 Å². The first kappa shape index (κ1) is 16.3. The van der Waals surface area contributed by atoms with Gasteiger partial charge in [0.1, 0.15) is 5.82 Å². The Morgan fingerprint density at radius 3 is 2.65 bits per heavy atom. The molecule has 1 aliphatic rings. The van der Waals surface area contributed by atoms with Gasteiger partial charge in [0.15, 0.2) is 0 Å². The number of halogens is 3. The zero-order valence-electron chi connectivity index (χ0n) is 12.2.